The molecule has 0 bridgehead atoms. The monoisotopic (exact) mass is 363 g/mol. The van der Waals surface area contributed by atoms with Gasteiger partial charge in [0, 0.05) is 30.3 Å². The second-order valence-corrected chi connectivity index (χ2v) is 7.63. The summed E-state index contributed by atoms with van der Waals surface area (Å²) in [7, 11) is 1.75. The zero-order chi connectivity index (χ0) is 17.5. The van der Waals surface area contributed by atoms with Crippen molar-refractivity contribution in [2.24, 2.45) is 0 Å². The maximum atomic E-state index is 12.2. The summed E-state index contributed by atoms with van der Waals surface area (Å²) in [5.74, 6) is -0.0190. The van der Waals surface area contributed by atoms with E-state index in [1.807, 2.05) is 36.4 Å². The van der Waals surface area contributed by atoms with Crippen LogP contribution in [0, 0.1) is 0 Å². The van der Waals surface area contributed by atoms with Gasteiger partial charge in [0.1, 0.15) is 0 Å². The molecule has 1 heterocycles. The van der Waals surface area contributed by atoms with Crippen molar-refractivity contribution in [3.05, 3.63) is 56.7 Å². The first-order valence-electron chi connectivity index (χ1n) is 8.10. The summed E-state index contributed by atoms with van der Waals surface area (Å²) >= 11 is 7.36. The van der Waals surface area contributed by atoms with Gasteiger partial charge < -0.3 is 4.90 Å². The Labute approximate surface area is 152 Å². The number of halogens is 1. The Balaban J connectivity index is 1.82. The fraction of sp³-hybridized carbons (Fsp3) is 0.368. The standard InChI is InChI=1S/C19H22ClNO2S/c1-3-4-14-5-7-15(8-6-14)17(22)10-12-19(23)21(2)13-16-9-11-18(20)24-16/h5-9,11H,3-4,10,12-13H2,1-2H3. The topological polar surface area (TPSA) is 37.4 Å². The summed E-state index contributed by atoms with van der Waals surface area (Å²) < 4.78 is 0.715. The molecular formula is C19H22ClNO2S. The van der Waals surface area contributed by atoms with E-state index >= 15 is 0 Å². The molecule has 128 valence electrons. The van der Waals surface area contributed by atoms with Crippen LogP contribution in [0.15, 0.2) is 36.4 Å². The van der Waals surface area contributed by atoms with Crippen LogP contribution in [0.4, 0.5) is 0 Å². The van der Waals surface area contributed by atoms with Crippen LogP contribution < -0.4 is 0 Å². The Morgan fingerprint density at radius 1 is 1.08 bits per heavy atom. The molecule has 0 saturated carbocycles. The maximum Gasteiger partial charge on any atom is 0.223 e. The molecule has 0 atom stereocenters. The minimum absolute atomic E-state index is 0.0129. The third-order valence-corrected chi connectivity index (χ3v) is 5.04. The summed E-state index contributed by atoms with van der Waals surface area (Å²) in [5.41, 5.74) is 1.91. The quantitative estimate of drug-likeness (QED) is 0.620. The summed E-state index contributed by atoms with van der Waals surface area (Å²) in [6.07, 6.45) is 2.57. The number of nitrogens with zero attached hydrogens (tertiary/aromatic N) is 1. The van der Waals surface area contributed by atoms with Crippen molar-refractivity contribution < 1.29 is 9.59 Å². The number of carbonyl (C=O) groups is 2. The van der Waals surface area contributed by atoms with E-state index in [1.165, 1.54) is 16.9 Å². The smallest absolute Gasteiger partial charge is 0.223 e. The van der Waals surface area contributed by atoms with Crippen molar-refractivity contribution in [3.8, 4) is 0 Å². The molecule has 2 rings (SSSR count). The minimum atomic E-state index is -0.0320. The fourth-order valence-corrected chi connectivity index (χ4v) is 3.60. The largest absolute Gasteiger partial charge is 0.341 e. The van der Waals surface area contributed by atoms with Gasteiger partial charge in [0.2, 0.25) is 5.91 Å². The Kier molecular flexibility index (Phi) is 7.00. The van der Waals surface area contributed by atoms with Gasteiger partial charge in [-0.15, -0.1) is 11.3 Å². The molecule has 2 aromatic rings. The maximum absolute atomic E-state index is 12.2. The number of carbonyl (C=O) groups excluding carboxylic acids is 2. The van der Waals surface area contributed by atoms with Crippen molar-refractivity contribution in [1.82, 2.24) is 4.90 Å². The third kappa shape index (κ3) is 5.46. The van der Waals surface area contributed by atoms with Crippen LogP contribution in [-0.2, 0) is 17.8 Å². The molecule has 3 nitrogen and oxygen atoms in total. The van der Waals surface area contributed by atoms with Crippen molar-refractivity contribution in [1.29, 1.82) is 0 Å². The van der Waals surface area contributed by atoms with Gasteiger partial charge in [0.25, 0.3) is 0 Å². The SMILES string of the molecule is CCCc1ccc(C(=O)CCC(=O)N(C)Cc2ccc(Cl)s2)cc1. The van der Waals surface area contributed by atoms with E-state index in [4.69, 9.17) is 11.6 Å². The Morgan fingerprint density at radius 2 is 1.79 bits per heavy atom. The molecular weight excluding hydrogens is 342 g/mol. The van der Waals surface area contributed by atoms with Crippen molar-refractivity contribution >= 4 is 34.6 Å². The van der Waals surface area contributed by atoms with E-state index < -0.39 is 0 Å². The number of ketones is 1. The summed E-state index contributed by atoms with van der Waals surface area (Å²) in [6, 6.07) is 11.4. The lowest BCUT2D eigenvalue weighted by atomic mass is 10.0. The fourth-order valence-electron chi connectivity index (χ4n) is 2.46. The van der Waals surface area contributed by atoms with Crippen LogP contribution in [0.1, 0.15) is 47.0 Å². The number of hydrogen-bond donors (Lipinski definition) is 0. The minimum Gasteiger partial charge on any atom is -0.341 e. The van der Waals surface area contributed by atoms with Crippen molar-refractivity contribution in [2.75, 3.05) is 7.05 Å². The van der Waals surface area contributed by atoms with E-state index in [9.17, 15) is 9.59 Å². The van der Waals surface area contributed by atoms with E-state index in [2.05, 4.69) is 6.92 Å². The van der Waals surface area contributed by atoms with Gasteiger partial charge in [-0.2, -0.15) is 0 Å². The van der Waals surface area contributed by atoms with Crippen LogP contribution in [0.25, 0.3) is 0 Å². The number of Topliss-reactive ketones (excluding diaryl/α,β-unsaturated/α-hetero) is 1. The van der Waals surface area contributed by atoms with Gasteiger partial charge in [-0.3, -0.25) is 9.59 Å². The highest BCUT2D eigenvalue weighted by atomic mass is 35.5. The molecule has 0 spiro atoms. The van der Waals surface area contributed by atoms with Gasteiger partial charge in [0.05, 0.1) is 10.9 Å². The molecule has 0 N–H and O–H groups in total. The third-order valence-electron chi connectivity index (χ3n) is 3.83. The molecule has 5 heteroatoms. The Morgan fingerprint density at radius 3 is 2.38 bits per heavy atom. The van der Waals surface area contributed by atoms with Gasteiger partial charge in [-0.25, -0.2) is 0 Å². The molecule has 0 fully saturated rings. The van der Waals surface area contributed by atoms with Crippen LogP contribution in [-0.4, -0.2) is 23.6 Å². The molecule has 1 aromatic heterocycles. The van der Waals surface area contributed by atoms with Crippen molar-refractivity contribution in [3.63, 3.8) is 0 Å². The lowest BCUT2D eigenvalue weighted by Gasteiger charge is -2.16. The molecule has 0 saturated heterocycles. The molecule has 0 radical (unpaired) electrons. The highest BCUT2D eigenvalue weighted by molar-refractivity contribution is 7.16. The first-order chi connectivity index (χ1) is 11.5. The lowest BCUT2D eigenvalue weighted by Crippen LogP contribution is -2.26. The van der Waals surface area contributed by atoms with E-state index in [-0.39, 0.29) is 24.5 Å². The van der Waals surface area contributed by atoms with Gasteiger partial charge in [-0.05, 0) is 24.1 Å². The second-order valence-electron chi connectivity index (χ2n) is 5.83. The van der Waals surface area contributed by atoms with Crippen LogP contribution in [0.3, 0.4) is 0 Å². The lowest BCUT2D eigenvalue weighted by molar-refractivity contribution is -0.130. The van der Waals surface area contributed by atoms with Crippen LogP contribution in [0.2, 0.25) is 4.34 Å². The number of thiophene rings is 1. The summed E-state index contributed by atoms with van der Waals surface area (Å²) in [6.45, 7) is 2.65. The molecule has 0 aliphatic heterocycles. The number of rotatable bonds is 8. The molecule has 0 aliphatic rings. The molecule has 1 aromatic carbocycles. The zero-order valence-corrected chi connectivity index (χ0v) is 15.6. The van der Waals surface area contributed by atoms with E-state index in [0.717, 1.165) is 17.7 Å². The summed E-state index contributed by atoms with van der Waals surface area (Å²) in [5, 5.41) is 0. The molecule has 1 amide bonds. The highest BCUT2D eigenvalue weighted by Crippen LogP contribution is 2.22. The first-order valence-corrected chi connectivity index (χ1v) is 9.29. The normalized spacial score (nSPS) is 10.6. The number of aryl methyl sites for hydroxylation is 1. The molecule has 0 aliphatic carbocycles. The van der Waals surface area contributed by atoms with Crippen LogP contribution >= 0.6 is 22.9 Å². The predicted octanol–water partition coefficient (Wildman–Crippen LogP) is 4.98. The van der Waals surface area contributed by atoms with Gasteiger partial charge in [-0.1, -0.05) is 49.2 Å². The van der Waals surface area contributed by atoms with E-state index in [0.29, 0.717) is 16.4 Å². The van der Waals surface area contributed by atoms with Gasteiger partial charge in [0.15, 0.2) is 5.78 Å². The number of hydrogen-bond acceptors (Lipinski definition) is 3. The van der Waals surface area contributed by atoms with Crippen LogP contribution in [0.5, 0.6) is 0 Å². The predicted molar refractivity (Wildman–Crippen MR) is 99.8 cm³/mol. The Hall–Kier alpha value is -1.65. The summed E-state index contributed by atoms with van der Waals surface area (Å²) in [4.78, 5) is 27.1. The molecule has 0 unspecified atom stereocenters. The van der Waals surface area contributed by atoms with Gasteiger partial charge >= 0.3 is 0 Å². The zero-order valence-electron chi connectivity index (χ0n) is 14.0. The average Bonchev–Trinajstić information content (AvgIpc) is 2.98. The number of amides is 1. The Bertz CT molecular complexity index is 694. The number of benzene rings is 1. The van der Waals surface area contributed by atoms with E-state index in [1.54, 1.807) is 11.9 Å². The van der Waals surface area contributed by atoms with Crippen molar-refractivity contribution in [2.45, 2.75) is 39.2 Å². The second kappa shape index (κ2) is 9.00. The first kappa shape index (κ1) is 18.7. The molecule has 24 heavy (non-hydrogen) atoms. The average molecular weight is 364 g/mol. The highest BCUT2D eigenvalue weighted by Gasteiger charge is 2.14.